The fourth-order valence-electron chi connectivity index (χ4n) is 12.1. The Morgan fingerprint density at radius 1 is 0.850 bits per heavy atom. The lowest BCUT2D eigenvalue weighted by atomic mass is 9.84. The van der Waals surface area contributed by atoms with Crippen LogP contribution < -0.4 is 25.2 Å². The number of hydrogen-bond donors (Lipinski definition) is 2. The summed E-state index contributed by atoms with van der Waals surface area (Å²) in [5.74, 6) is -0.367. The van der Waals surface area contributed by atoms with Gasteiger partial charge in [-0.3, -0.25) is 34.6 Å². The first-order valence-corrected chi connectivity index (χ1v) is 28.5. The van der Waals surface area contributed by atoms with Crippen molar-refractivity contribution in [2.45, 2.75) is 122 Å². The molecule has 2 N–H and O–H groups in total. The number of alkyl halides is 3. The molecule has 11 rings (SSSR count). The van der Waals surface area contributed by atoms with Crippen molar-refractivity contribution in [3.63, 3.8) is 0 Å². The third-order valence-corrected chi connectivity index (χ3v) is 17.2. The summed E-state index contributed by atoms with van der Waals surface area (Å²) in [7, 11) is 1.75. The molecule has 4 aliphatic rings. The van der Waals surface area contributed by atoms with Crippen molar-refractivity contribution in [1.29, 1.82) is 0 Å². The highest BCUT2D eigenvalue weighted by molar-refractivity contribution is 7.22. The van der Waals surface area contributed by atoms with Gasteiger partial charge in [0.25, 0.3) is 5.91 Å². The number of fused-ring (bicyclic) bond motifs is 3. The average Bonchev–Trinajstić information content (AvgIpc) is 4.01. The van der Waals surface area contributed by atoms with Crippen molar-refractivity contribution in [1.82, 2.24) is 30.0 Å². The van der Waals surface area contributed by atoms with Crippen LogP contribution in [0.4, 0.5) is 29.8 Å². The van der Waals surface area contributed by atoms with Crippen LogP contribution in [0.1, 0.15) is 121 Å². The van der Waals surface area contributed by atoms with Gasteiger partial charge in [0.1, 0.15) is 23.2 Å². The van der Waals surface area contributed by atoms with Crippen LogP contribution in [0.25, 0.3) is 32.2 Å². The van der Waals surface area contributed by atoms with Crippen LogP contribution in [0.15, 0.2) is 91.0 Å². The van der Waals surface area contributed by atoms with Crippen molar-refractivity contribution in [2.24, 2.45) is 13.0 Å². The minimum atomic E-state index is -4.41. The number of carbonyl (C=O) groups is 4. The molecule has 3 aliphatic heterocycles. The molecule has 3 aromatic heterocycles. The number of pyridine rings is 1. The Morgan fingerprint density at radius 2 is 1.65 bits per heavy atom. The minimum Gasteiger partial charge on any atom is -0.490 e. The van der Waals surface area contributed by atoms with Crippen molar-refractivity contribution in [3.05, 3.63) is 125 Å². The molecule has 2 atom stereocenters. The van der Waals surface area contributed by atoms with Gasteiger partial charge in [-0.05, 0) is 168 Å². The highest BCUT2D eigenvalue weighted by Crippen LogP contribution is 2.40. The maximum absolute atomic E-state index is 14.8. The third kappa shape index (κ3) is 11.6. The van der Waals surface area contributed by atoms with Gasteiger partial charge in [-0.25, -0.2) is 14.8 Å². The highest BCUT2D eigenvalue weighted by atomic mass is 32.1. The van der Waals surface area contributed by atoms with E-state index in [1.54, 1.807) is 21.5 Å². The Hall–Kier alpha value is -7.38. The number of piperazine rings is 1. The average molecular weight is 1110 g/mol. The zero-order chi connectivity index (χ0) is 56.0. The number of ether oxygens (including phenoxy) is 2. The molecule has 4 aromatic carbocycles. The first-order chi connectivity index (χ1) is 38.3. The second-order valence-corrected chi connectivity index (χ2v) is 23.7. The van der Waals surface area contributed by atoms with Gasteiger partial charge in [-0.2, -0.15) is 18.3 Å². The number of nitrogens with one attached hydrogen (secondary N) is 2. The predicted octanol–water partition coefficient (Wildman–Crippen LogP) is 11.3. The van der Waals surface area contributed by atoms with Gasteiger partial charge in [-0.1, -0.05) is 47.7 Å². The number of benzene rings is 4. The number of para-hydroxylation sites is 1. The Morgan fingerprint density at radius 3 is 2.42 bits per heavy atom. The summed E-state index contributed by atoms with van der Waals surface area (Å²) in [5, 5.41) is 11.3. The van der Waals surface area contributed by atoms with Crippen LogP contribution in [0.2, 0.25) is 0 Å². The normalized spacial score (nSPS) is 20.2. The summed E-state index contributed by atoms with van der Waals surface area (Å²) in [6.45, 7) is 9.39. The van der Waals surface area contributed by atoms with Gasteiger partial charge in [0, 0.05) is 68.4 Å². The Labute approximate surface area is 466 Å². The van der Waals surface area contributed by atoms with E-state index < -0.39 is 29.7 Å². The van der Waals surface area contributed by atoms with Crippen molar-refractivity contribution in [2.75, 3.05) is 47.8 Å². The molecule has 1 aliphatic carbocycles. The number of anilines is 3. The maximum atomic E-state index is 14.8. The molecule has 0 spiro atoms. The first-order valence-electron chi connectivity index (χ1n) is 27.7. The number of nitrogens with zero attached hydrogens (tertiary/aromatic N) is 7. The van der Waals surface area contributed by atoms with E-state index in [1.807, 2.05) is 113 Å². The number of aromatic nitrogens is 4. The molecule has 15 nitrogen and oxygen atoms in total. The summed E-state index contributed by atoms with van der Waals surface area (Å²) >= 11 is 1.43. The topological polar surface area (TPSA) is 164 Å². The molecular formula is C61H66F3N9O6S. The van der Waals surface area contributed by atoms with E-state index in [4.69, 9.17) is 14.5 Å². The summed E-state index contributed by atoms with van der Waals surface area (Å²) in [6.07, 6.45) is 1.75. The summed E-state index contributed by atoms with van der Waals surface area (Å²) in [4.78, 5) is 67.5. The SMILES string of the molecule is Cc1c(OC2CCC(CCCN3CCN(c4ccc5c(C6CCC(=O)NC6=O)nn(C)c5c4)C[C@@H]3C(F)(F)F)CC2)cccc1-c1ccc(N2CCc3cccc(C(=O)Nc4nc5ccccc5s4)c3C2)nc1C(=O)OC(C)(C)C. The molecule has 418 valence electrons. The number of aryl methyl sites for hydroxylation is 1. The maximum Gasteiger partial charge on any atom is 0.405 e. The molecule has 1 unspecified atom stereocenters. The molecule has 0 radical (unpaired) electrons. The van der Waals surface area contributed by atoms with Crippen molar-refractivity contribution in [3.8, 4) is 16.9 Å². The predicted molar refractivity (Wildman–Crippen MR) is 303 cm³/mol. The zero-order valence-electron chi connectivity index (χ0n) is 45.7. The summed E-state index contributed by atoms with van der Waals surface area (Å²) in [5.41, 5.74) is 6.98. The molecule has 3 fully saturated rings. The Balaban J connectivity index is 0.714. The number of thiazole rings is 1. The molecule has 80 heavy (non-hydrogen) atoms. The molecule has 0 bridgehead atoms. The van der Waals surface area contributed by atoms with Gasteiger partial charge < -0.3 is 19.3 Å². The summed E-state index contributed by atoms with van der Waals surface area (Å²) in [6, 6.07) is 27.1. The number of esters is 1. The fraction of sp³-hybridized carbons (Fsp3) is 0.426. The van der Waals surface area contributed by atoms with Crippen LogP contribution >= 0.6 is 11.3 Å². The Kier molecular flexibility index (Phi) is 15.2. The number of amides is 3. The number of rotatable bonds is 13. The van der Waals surface area contributed by atoms with Crippen molar-refractivity contribution < 1.29 is 41.8 Å². The quantitative estimate of drug-likeness (QED) is 0.0831. The number of piperidine rings is 1. The lowest BCUT2D eigenvalue weighted by Crippen LogP contribution is -2.59. The van der Waals surface area contributed by atoms with Gasteiger partial charge in [-0.15, -0.1) is 0 Å². The standard InChI is InChI=1S/C61H66F3N9O6S/c1-36-41(42-24-26-52(66-55(42)58(77)79-60(2,3)4)73-30-28-38-12-8-14-43(46(38)34-73)56(75)68-59-65-47-15-6-7-17-50(47)80-59)13-9-16-49(36)78-40-21-18-37(19-22-40)11-10-29-71-31-32-72(35-51(71)61(62,63)64)39-20-23-44-48(33-39)70(5)69-54(44)45-25-27-53(74)67-57(45)76/h6-9,12-17,20,23-24,26,33,37,40,45,51H,10-11,18-19,21-22,25,27-32,34-35H2,1-5H3,(H,65,68,75)(H,67,74,76)/t37?,40?,45?,51-/m1/s1. The van der Waals surface area contributed by atoms with E-state index in [1.165, 1.54) is 11.3 Å². The molecule has 6 heterocycles. The Bertz CT molecular complexity index is 3480. The van der Waals surface area contributed by atoms with E-state index >= 15 is 0 Å². The third-order valence-electron chi connectivity index (χ3n) is 16.2. The van der Waals surface area contributed by atoms with Crippen LogP contribution in [0, 0.1) is 12.8 Å². The molecule has 2 saturated heterocycles. The van der Waals surface area contributed by atoms with Crippen LogP contribution in [-0.2, 0) is 34.3 Å². The van der Waals surface area contributed by atoms with E-state index in [2.05, 4.69) is 31.7 Å². The van der Waals surface area contributed by atoms with Gasteiger partial charge in [0.05, 0.1) is 33.4 Å². The van der Waals surface area contributed by atoms with Gasteiger partial charge in [0.15, 0.2) is 10.8 Å². The lowest BCUT2D eigenvalue weighted by Gasteiger charge is -2.43. The van der Waals surface area contributed by atoms with Gasteiger partial charge >= 0.3 is 12.1 Å². The van der Waals surface area contributed by atoms with E-state index in [0.717, 1.165) is 70.0 Å². The smallest absolute Gasteiger partial charge is 0.405 e. The largest absolute Gasteiger partial charge is 0.490 e. The van der Waals surface area contributed by atoms with Crippen LogP contribution in [0.3, 0.4) is 0 Å². The second kappa shape index (κ2) is 22.3. The molecular weight excluding hydrogens is 1040 g/mol. The monoisotopic (exact) mass is 1110 g/mol. The highest BCUT2D eigenvalue weighted by Gasteiger charge is 2.46. The second-order valence-electron chi connectivity index (χ2n) is 22.7. The number of hydrogen-bond acceptors (Lipinski definition) is 13. The number of imide groups is 1. The molecule has 7 aromatic rings. The van der Waals surface area contributed by atoms with Crippen LogP contribution in [0.5, 0.6) is 5.75 Å². The minimum absolute atomic E-state index is 0.0431. The molecule has 1 saturated carbocycles. The van der Waals surface area contributed by atoms with Gasteiger partial charge in [0.2, 0.25) is 11.8 Å². The number of halogens is 3. The summed E-state index contributed by atoms with van der Waals surface area (Å²) < 4.78 is 59.7. The van der Waals surface area contributed by atoms with E-state index in [9.17, 15) is 32.3 Å². The zero-order valence-corrected chi connectivity index (χ0v) is 46.5. The lowest BCUT2D eigenvalue weighted by molar-refractivity contribution is -0.184. The fourth-order valence-corrected chi connectivity index (χ4v) is 12.9. The van der Waals surface area contributed by atoms with E-state index in [0.29, 0.717) is 96.1 Å². The molecule has 19 heteroatoms. The van der Waals surface area contributed by atoms with Crippen molar-refractivity contribution >= 4 is 72.8 Å². The van der Waals surface area contributed by atoms with Crippen LogP contribution in [-0.4, -0.2) is 105 Å². The molecule has 3 amide bonds. The first kappa shape index (κ1) is 54.6. The van der Waals surface area contributed by atoms with E-state index in [-0.39, 0.29) is 49.0 Å². The number of carbonyl (C=O) groups excluding carboxylic acids is 4.